The molecule has 0 unspecified atom stereocenters. The van der Waals surface area contributed by atoms with Gasteiger partial charge in [0.2, 0.25) is 11.8 Å². The normalized spacial score (nSPS) is 30.1. The molecule has 0 aromatic heterocycles. The molecule has 4 N–H and O–H groups in total. The van der Waals surface area contributed by atoms with E-state index in [0.717, 1.165) is 17.8 Å². The molecule has 5 rings (SSSR count). The highest BCUT2D eigenvalue weighted by atomic mass is 16.5. The van der Waals surface area contributed by atoms with E-state index >= 15 is 0 Å². The third-order valence-corrected chi connectivity index (χ3v) is 6.67. The van der Waals surface area contributed by atoms with E-state index in [-0.39, 0.29) is 23.8 Å². The first-order valence-electron chi connectivity index (χ1n) is 10.5. The summed E-state index contributed by atoms with van der Waals surface area (Å²) >= 11 is 0. The van der Waals surface area contributed by atoms with Gasteiger partial charge in [0.1, 0.15) is 12.4 Å². The van der Waals surface area contributed by atoms with Gasteiger partial charge < -0.3 is 21.1 Å². The van der Waals surface area contributed by atoms with Crippen LogP contribution in [0, 0.1) is 23.2 Å². The lowest BCUT2D eigenvalue weighted by Crippen LogP contribution is -2.48. The zero-order valence-electron chi connectivity index (χ0n) is 16.4. The molecule has 0 spiro atoms. The summed E-state index contributed by atoms with van der Waals surface area (Å²) in [6, 6.07) is 7.13. The van der Waals surface area contributed by atoms with Gasteiger partial charge in [-0.3, -0.25) is 9.59 Å². The van der Waals surface area contributed by atoms with Crippen molar-refractivity contribution >= 4 is 17.5 Å². The molecule has 2 amide bonds. The predicted molar refractivity (Wildman–Crippen MR) is 108 cm³/mol. The van der Waals surface area contributed by atoms with Gasteiger partial charge in [-0.05, 0) is 86.0 Å². The van der Waals surface area contributed by atoms with Crippen LogP contribution in [0.25, 0.3) is 0 Å². The standard InChI is InChI=1S/C22H31N3O3/c23-5-6-28-19-3-1-18(2-4-19)25-21(27)14-24-20(26)13-22-10-15-7-16(11-22)9-17(8-15)12-22/h1-4,15-17H,5-14,23H2,(H,24,26)(H,25,27). The second kappa shape index (κ2) is 8.11. The summed E-state index contributed by atoms with van der Waals surface area (Å²) in [4.78, 5) is 24.7. The van der Waals surface area contributed by atoms with Crippen LogP contribution in [0.1, 0.15) is 44.9 Å². The molecular formula is C22H31N3O3. The minimum Gasteiger partial charge on any atom is -0.492 e. The maximum absolute atomic E-state index is 12.5. The van der Waals surface area contributed by atoms with Crippen LogP contribution >= 0.6 is 0 Å². The SMILES string of the molecule is NCCOc1ccc(NC(=O)CNC(=O)CC23CC4CC(CC(C4)C2)C3)cc1. The number of carbonyl (C=O) groups is 2. The Morgan fingerprint density at radius 1 is 1.00 bits per heavy atom. The molecule has 1 aromatic carbocycles. The fraction of sp³-hybridized carbons (Fsp3) is 0.636. The number of benzene rings is 1. The van der Waals surface area contributed by atoms with Crippen LogP contribution in [0.2, 0.25) is 0 Å². The summed E-state index contributed by atoms with van der Waals surface area (Å²) in [5, 5.41) is 5.63. The van der Waals surface area contributed by atoms with Crippen LogP contribution in [0.5, 0.6) is 5.75 Å². The third-order valence-electron chi connectivity index (χ3n) is 6.67. The number of anilines is 1. The molecule has 6 heteroatoms. The first-order valence-corrected chi connectivity index (χ1v) is 10.5. The summed E-state index contributed by atoms with van der Waals surface area (Å²) in [6.07, 6.45) is 8.32. The van der Waals surface area contributed by atoms with Crippen LogP contribution in [-0.2, 0) is 9.59 Å². The number of hydrogen-bond donors (Lipinski definition) is 3. The molecule has 0 heterocycles. The Labute approximate surface area is 166 Å². The van der Waals surface area contributed by atoms with E-state index in [1.165, 1.54) is 38.5 Å². The van der Waals surface area contributed by atoms with Crippen LogP contribution in [-0.4, -0.2) is 31.5 Å². The zero-order valence-corrected chi connectivity index (χ0v) is 16.4. The Morgan fingerprint density at radius 2 is 1.61 bits per heavy atom. The van der Waals surface area contributed by atoms with E-state index < -0.39 is 0 Å². The van der Waals surface area contributed by atoms with Crippen molar-refractivity contribution in [3.63, 3.8) is 0 Å². The topological polar surface area (TPSA) is 93.4 Å². The van der Waals surface area contributed by atoms with E-state index in [4.69, 9.17) is 10.5 Å². The largest absolute Gasteiger partial charge is 0.492 e. The Bertz CT molecular complexity index is 681. The number of amides is 2. The number of ether oxygens (including phenoxy) is 1. The Balaban J connectivity index is 1.22. The van der Waals surface area contributed by atoms with E-state index in [9.17, 15) is 9.59 Å². The van der Waals surface area contributed by atoms with Crippen LogP contribution in [0.4, 0.5) is 5.69 Å². The molecular weight excluding hydrogens is 354 g/mol. The Morgan fingerprint density at radius 3 is 2.18 bits per heavy atom. The first-order chi connectivity index (χ1) is 13.5. The van der Waals surface area contributed by atoms with Gasteiger partial charge in [0.05, 0.1) is 6.54 Å². The quantitative estimate of drug-likeness (QED) is 0.641. The van der Waals surface area contributed by atoms with E-state index in [2.05, 4.69) is 10.6 Å². The molecule has 28 heavy (non-hydrogen) atoms. The molecule has 0 atom stereocenters. The molecule has 4 saturated carbocycles. The molecule has 4 fully saturated rings. The highest BCUT2D eigenvalue weighted by Gasteiger charge is 2.51. The third kappa shape index (κ3) is 4.49. The maximum atomic E-state index is 12.5. The summed E-state index contributed by atoms with van der Waals surface area (Å²) in [5.41, 5.74) is 6.29. The summed E-state index contributed by atoms with van der Waals surface area (Å²) in [6.45, 7) is 0.930. The molecule has 0 aliphatic heterocycles. The average Bonchev–Trinajstić information content (AvgIpc) is 2.64. The first kappa shape index (κ1) is 19.2. The molecule has 4 aliphatic carbocycles. The fourth-order valence-electron chi connectivity index (χ4n) is 6.10. The monoisotopic (exact) mass is 385 g/mol. The summed E-state index contributed by atoms with van der Waals surface area (Å²) in [5.74, 6) is 3.02. The van der Waals surface area contributed by atoms with Crippen molar-refractivity contribution in [3.8, 4) is 5.75 Å². The lowest BCUT2D eigenvalue weighted by atomic mass is 9.49. The molecule has 0 saturated heterocycles. The minimum atomic E-state index is -0.213. The van der Waals surface area contributed by atoms with Crippen LogP contribution in [0.15, 0.2) is 24.3 Å². The lowest BCUT2D eigenvalue weighted by molar-refractivity contribution is -0.131. The Hall–Kier alpha value is -2.08. The van der Waals surface area contributed by atoms with E-state index in [1.54, 1.807) is 24.3 Å². The van der Waals surface area contributed by atoms with E-state index in [1.807, 2.05) is 0 Å². The number of nitrogens with one attached hydrogen (secondary N) is 2. The number of rotatable bonds is 8. The molecule has 4 bridgehead atoms. The molecule has 4 aliphatic rings. The summed E-state index contributed by atoms with van der Waals surface area (Å²) in [7, 11) is 0. The van der Waals surface area contributed by atoms with Gasteiger partial charge in [0.15, 0.2) is 0 Å². The molecule has 0 radical (unpaired) electrons. The number of carbonyl (C=O) groups excluding carboxylic acids is 2. The van der Waals surface area contributed by atoms with Gasteiger partial charge >= 0.3 is 0 Å². The second-order valence-electron chi connectivity index (χ2n) is 9.08. The van der Waals surface area contributed by atoms with Crippen molar-refractivity contribution in [1.82, 2.24) is 5.32 Å². The molecule has 152 valence electrons. The van der Waals surface area contributed by atoms with E-state index in [0.29, 0.717) is 31.0 Å². The van der Waals surface area contributed by atoms with Crippen molar-refractivity contribution < 1.29 is 14.3 Å². The molecule has 1 aromatic rings. The van der Waals surface area contributed by atoms with Crippen molar-refractivity contribution in [2.75, 3.05) is 25.0 Å². The van der Waals surface area contributed by atoms with Gasteiger partial charge in [-0.15, -0.1) is 0 Å². The Kier molecular flexibility index (Phi) is 5.58. The van der Waals surface area contributed by atoms with Gasteiger partial charge in [-0.2, -0.15) is 0 Å². The second-order valence-corrected chi connectivity index (χ2v) is 9.08. The maximum Gasteiger partial charge on any atom is 0.243 e. The van der Waals surface area contributed by atoms with Gasteiger partial charge in [0.25, 0.3) is 0 Å². The highest BCUT2D eigenvalue weighted by molar-refractivity contribution is 5.94. The number of hydrogen-bond acceptors (Lipinski definition) is 4. The summed E-state index contributed by atoms with van der Waals surface area (Å²) < 4.78 is 5.41. The fourth-order valence-corrected chi connectivity index (χ4v) is 6.10. The number of nitrogens with two attached hydrogens (primary N) is 1. The van der Waals surface area contributed by atoms with Crippen molar-refractivity contribution in [2.45, 2.75) is 44.9 Å². The molecule has 6 nitrogen and oxygen atoms in total. The van der Waals surface area contributed by atoms with Gasteiger partial charge in [-0.25, -0.2) is 0 Å². The van der Waals surface area contributed by atoms with Crippen LogP contribution < -0.4 is 21.1 Å². The predicted octanol–water partition coefficient (Wildman–Crippen LogP) is 2.69. The van der Waals surface area contributed by atoms with Crippen molar-refractivity contribution in [2.24, 2.45) is 28.9 Å². The van der Waals surface area contributed by atoms with Crippen molar-refractivity contribution in [3.05, 3.63) is 24.3 Å². The van der Waals surface area contributed by atoms with Crippen molar-refractivity contribution in [1.29, 1.82) is 0 Å². The average molecular weight is 386 g/mol. The zero-order chi connectivity index (χ0) is 19.6. The van der Waals surface area contributed by atoms with Crippen LogP contribution in [0.3, 0.4) is 0 Å². The highest BCUT2D eigenvalue weighted by Crippen LogP contribution is 2.61. The van der Waals surface area contributed by atoms with Gasteiger partial charge in [0, 0.05) is 18.7 Å². The minimum absolute atomic E-state index is 0.0105. The smallest absolute Gasteiger partial charge is 0.243 e. The van der Waals surface area contributed by atoms with Gasteiger partial charge in [-0.1, -0.05) is 0 Å². The lowest BCUT2D eigenvalue weighted by Gasteiger charge is -2.56.